The van der Waals surface area contributed by atoms with Crippen LogP contribution < -0.4 is 14.4 Å². The number of rotatable bonds is 8. The van der Waals surface area contributed by atoms with E-state index >= 15 is 0 Å². The molecule has 0 aliphatic carbocycles. The zero-order chi connectivity index (χ0) is 26.7. The summed E-state index contributed by atoms with van der Waals surface area (Å²) in [6.45, 7) is 6.13. The lowest BCUT2D eigenvalue weighted by Crippen LogP contribution is -2.44. The number of hydrogen-bond acceptors (Lipinski definition) is 6. The van der Waals surface area contributed by atoms with Gasteiger partial charge in [0.05, 0.1) is 4.90 Å². The summed E-state index contributed by atoms with van der Waals surface area (Å²) < 4.78 is 35.2. The summed E-state index contributed by atoms with van der Waals surface area (Å²) in [6.07, 6.45) is 2.30. The molecule has 1 aliphatic rings. The molecule has 1 saturated heterocycles. The van der Waals surface area contributed by atoms with E-state index in [0.717, 1.165) is 53.8 Å². The number of ether oxygens (including phenoxy) is 1. The highest BCUT2D eigenvalue weighted by atomic mass is 35.5. The lowest BCUT2D eigenvalue weighted by molar-refractivity contribution is 0.312. The van der Waals surface area contributed by atoms with Crippen molar-refractivity contribution in [2.45, 2.75) is 24.8 Å². The van der Waals surface area contributed by atoms with Gasteiger partial charge in [-0.1, -0.05) is 42.8 Å². The maximum Gasteiger partial charge on any atom is 0.240 e. The highest BCUT2D eigenvalue weighted by molar-refractivity contribution is 7.89. The summed E-state index contributed by atoms with van der Waals surface area (Å²) >= 11 is 6.24. The van der Waals surface area contributed by atoms with E-state index in [9.17, 15) is 8.42 Å². The van der Waals surface area contributed by atoms with Crippen molar-refractivity contribution >= 4 is 38.1 Å². The van der Waals surface area contributed by atoms with Gasteiger partial charge in [0.15, 0.2) is 0 Å². The quantitative estimate of drug-likeness (QED) is 0.313. The van der Waals surface area contributed by atoms with Gasteiger partial charge in [0.25, 0.3) is 0 Å². The molecule has 38 heavy (non-hydrogen) atoms. The van der Waals surface area contributed by atoms with Crippen molar-refractivity contribution < 1.29 is 13.2 Å². The van der Waals surface area contributed by atoms with Gasteiger partial charge in [-0.25, -0.2) is 18.1 Å². The lowest BCUT2D eigenvalue weighted by Gasteiger charge is -2.34. The molecule has 0 spiro atoms. The molecular weight excluding hydrogens is 520 g/mol. The number of hydrogen-bond donors (Lipinski definition) is 1. The zero-order valence-corrected chi connectivity index (χ0v) is 23.1. The number of piperazine rings is 1. The second-order valence-corrected chi connectivity index (χ2v) is 11.6. The van der Waals surface area contributed by atoms with Gasteiger partial charge in [-0.15, -0.1) is 0 Å². The summed E-state index contributed by atoms with van der Waals surface area (Å²) in [7, 11) is -1.61. The summed E-state index contributed by atoms with van der Waals surface area (Å²) in [6, 6.07) is 20.3. The predicted molar refractivity (Wildman–Crippen MR) is 153 cm³/mol. The van der Waals surface area contributed by atoms with Crippen molar-refractivity contribution in [3.63, 3.8) is 0 Å². The van der Waals surface area contributed by atoms with E-state index in [1.165, 1.54) is 0 Å². The van der Waals surface area contributed by atoms with Crippen LogP contribution in [-0.4, -0.2) is 51.5 Å². The normalized spacial score (nSPS) is 14.7. The monoisotopic (exact) mass is 550 g/mol. The average Bonchev–Trinajstić information content (AvgIpc) is 2.92. The third kappa shape index (κ3) is 5.78. The van der Waals surface area contributed by atoms with Gasteiger partial charge in [0.2, 0.25) is 15.9 Å². The summed E-state index contributed by atoms with van der Waals surface area (Å²) in [5, 5.41) is 2.17. The Morgan fingerprint density at radius 1 is 1.00 bits per heavy atom. The van der Waals surface area contributed by atoms with Crippen molar-refractivity contribution in [3.05, 3.63) is 89.1 Å². The highest BCUT2D eigenvalue weighted by Crippen LogP contribution is 2.30. The van der Waals surface area contributed by atoms with Crippen LogP contribution in [0.5, 0.6) is 11.6 Å². The smallest absolute Gasteiger partial charge is 0.240 e. The van der Waals surface area contributed by atoms with E-state index in [1.54, 1.807) is 36.5 Å². The minimum Gasteiger partial charge on any atom is -0.439 e. The number of fused-ring (bicyclic) bond motifs is 1. The van der Waals surface area contributed by atoms with Crippen LogP contribution in [0.1, 0.15) is 18.1 Å². The van der Waals surface area contributed by atoms with Crippen LogP contribution in [-0.2, 0) is 23.0 Å². The molecule has 0 unspecified atom stereocenters. The number of pyridine rings is 1. The predicted octanol–water partition coefficient (Wildman–Crippen LogP) is 5.47. The number of sulfonamides is 1. The van der Waals surface area contributed by atoms with Crippen molar-refractivity contribution in [3.8, 4) is 11.6 Å². The first kappa shape index (κ1) is 26.4. The fourth-order valence-electron chi connectivity index (χ4n) is 4.71. The fourth-order valence-corrected chi connectivity index (χ4v) is 5.99. The van der Waals surface area contributed by atoms with Gasteiger partial charge in [-0.05, 0) is 60.8 Å². The molecular formula is C29H31ClN4O3S. The van der Waals surface area contributed by atoms with Gasteiger partial charge in [0, 0.05) is 66.6 Å². The first-order valence-electron chi connectivity index (χ1n) is 12.7. The molecule has 0 bridgehead atoms. The van der Waals surface area contributed by atoms with E-state index < -0.39 is 10.0 Å². The van der Waals surface area contributed by atoms with Crippen LogP contribution in [0.2, 0.25) is 5.02 Å². The molecule has 0 amide bonds. The molecule has 198 valence electrons. The summed E-state index contributed by atoms with van der Waals surface area (Å²) in [5.41, 5.74) is 2.81. The average molecular weight is 551 g/mol. The zero-order valence-electron chi connectivity index (χ0n) is 21.5. The van der Waals surface area contributed by atoms with E-state index in [0.29, 0.717) is 23.1 Å². The fraction of sp³-hybridized carbons (Fsp3) is 0.276. The number of benzene rings is 3. The number of anilines is 1. The molecule has 1 fully saturated rings. The minimum absolute atomic E-state index is 0.124. The van der Waals surface area contributed by atoms with Crippen LogP contribution in [0, 0.1) is 0 Å². The molecule has 2 heterocycles. The molecule has 3 aromatic carbocycles. The SMILES string of the molecule is CCc1c(CNS(=O)(=O)c2ccc3c(Cl)cccc3c2)ccnc1Oc1cccc(N2CCN(C)CC2)c1. The Morgan fingerprint density at radius 3 is 2.58 bits per heavy atom. The standard InChI is InChI=1S/C29H31ClN4O3S/c1-3-26-22(20-32-38(35,36)25-10-11-27-21(18-25)6-4-9-28(27)30)12-13-31-29(26)37-24-8-5-7-23(19-24)34-16-14-33(2)15-17-34/h4-13,18-19,32H,3,14-17,20H2,1-2H3. The molecule has 1 aliphatic heterocycles. The molecule has 7 nitrogen and oxygen atoms in total. The Balaban J connectivity index is 1.33. The third-order valence-electron chi connectivity index (χ3n) is 6.93. The third-order valence-corrected chi connectivity index (χ3v) is 8.66. The van der Waals surface area contributed by atoms with E-state index in [4.69, 9.17) is 16.3 Å². The van der Waals surface area contributed by atoms with Gasteiger partial charge >= 0.3 is 0 Å². The molecule has 0 radical (unpaired) electrons. The molecule has 1 aromatic heterocycles. The van der Waals surface area contributed by atoms with Crippen LogP contribution in [0.15, 0.2) is 77.8 Å². The van der Waals surface area contributed by atoms with Gasteiger partial charge in [-0.3, -0.25) is 0 Å². The van der Waals surface area contributed by atoms with E-state index in [2.05, 4.69) is 32.6 Å². The Hall–Kier alpha value is -3.17. The summed E-state index contributed by atoms with van der Waals surface area (Å²) in [5.74, 6) is 1.19. The molecule has 0 saturated carbocycles. The topological polar surface area (TPSA) is 74.8 Å². The Kier molecular flexibility index (Phi) is 7.85. The molecule has 5 rings (SSSR count). The van der Waals surface area contributed by atoms with Crippen molar-refractivity contribution in [2.24, 2.45) is 0 Å². The number of aromatic nitrogens is 1. The molecule has 9 heteroatoms. The van der Waals surface area contributed by atoms with Crippen LogP contribution >= 0.6 is 11.6 Å². The number of nitrogens with zero attached hydrogens (tertiary/aromatic N) is 3. The second kappa shape index (κ2) is 11.3. The van der Waals surface area contributed by atoms with Gasteiger partial charge in [-0.2, -0.15) is 0 Å². The number of nitrogens with one attached hydrogen (secondary N) is 1. The molecule has 4 aromatic rings. The summed E-state index contributed by atoms with van der Waals surface area (Å²) in [4.78, 5) is 9.34. The number of halogens is 1. The van der Waals surface area contributed by atoms with Crippen molar-refractivity contribution in [1.29, 1.82) is 0 Å². The minimum atomic E-state index is -3.74. The van der Waals surface area contributed by atoms with E-state index in [-0.39, 0.29) is 11.4 Å². The van der Waals surface area contributed by atoms with E-state index in [1.807, 2.05) is 37.3 Å². The van der Waals surface area contributed by atoms with Crippen molar-refractivity contribution in [1.82, 2.24) is 14.6 Å². The van der Waals surface area contributed by atoms with Crippen molar-refractivity contribution in [2.75, 3.05) is 38.1 Å². The molecule has 0 atom stereocenters. The maximum atomic E-state index is 13.1. The van der Waals surface area contributed by atoms with Crippen LogP contribution in [0.3, 0.4) is 0 Å². The lowest BCUT2D eigenvalue weighted by atomic mass is 10.1. The Morgan fingerprint density at radius 2 is 1.79 bits per heavy atom. The van der Waals surface area contributed by atoms with Gasteiger partial charge < -0.3 is 14.5 Å². The van der Waals surface area contributed by atoms with Gasteiger partial charge in [0.1, 0.15) is 5.75 Å². The maximum absolute atomic E-state index is 13.1. The Bertz CT molecular complexity index is 1550. The highest BCUT2D eigenvalue weighted by Gasteiger charge is 2.18. The largest absolute Gasteiger partial charge is 0.439 e. The number of likely N-dealkylation sites (N-methyl/N-ethyl adjacent to an activating group) is 1. The first-order chi connectivity index (χ1) is 18.3. The van der Waals surface area contributed by atoms with Crippen LogP contribution in [0.4, 0.5) is 5.69 Å². The molecule has 1 N–H and O–H groups in total. The second-order valence-electron chi connectivity index (χ2n) is 9.44. The first-order valence-corrected chi connectivity index (χ1v) is 14.6. The Labute approximate surface area is 229 Å². The van der Waals surface area contributed by atoms with Crippen LogP contribution in [0.25, 0.3) is 10.8 Å².